The van der Waals surface area contributed by atoms with Crippen molar-refractivity contribution in [2.45, 2.75) is 25.9 Å². The maximum atomic E-state index is 14.2. The quantitative estimate of drug-likeness (QED) is 0.634. The lowest BCUT2D eigenvalue weighted by atomic mass is 10.0. The topological polar surface area (TPSA) is 55.9 Å². The van der Waals surface area contributed by atoms with Gasteiger partial charge in [0.1, 0.15) is 5.82 Å². The highest BCUT2D eigenvalue weighted by atomic mass is 79.9. The average Bonchev–Trinajstić information content (AvgIpc) is 2.78. The van der Waals surface area contributed by atoms with Crippen molar-refractivity contribution in [1.29, 1.82) is 0 Å². The van der Waals surface area contributed by atoms with E-state index < -0.39 is 11.9 Å². The summed E-state index contributed by atoms with van der Waals surface area (Å²) in [5, 5.41) is 4.34. The number of hydrogen-bond donors (Lipinski definition) is 2. The van der Waals surface area contributed by atoms with Gasteiger partial charge >= 0.3 is 0 Å². The monoisotopic (exact) mass is 360 g/mol. The molecule has 7 heteroatoms. The van der Waals surface area contributed by atoms with Gasteiger partial charge in [-0.25, -0.2) is 9.82 Å². The fourth-order valence-corrected chi connectivity index (χ4v) is 2.82. The van der Waals surface area contributed by atoms with E-state index in [2.05, 4.69) is 26.5 Å². The highest BCUT2D eigenvalue weighted by molar-refractivity contribution is 9.10. The van der Waals surface area contributed by atoms with Crippen LogP contribution in [0.2, 0.25) is 5.02 Å². The lowest BCUT2D eigenvalue weighted by Gasteiger charge is -2.19. The number of nitrogens with one attached hydrogen (secondary N) is 1. The minimum Gasteiger partial charge on any atom is -0.271 e. The molecule has 0 aliphatic carbocycles. The second kappa shape index (κ2) is 6.67. The zero-order valence-electron chi connectivity index (χ0n) is 10.9. The molecule has 4 nitrogen and oxygen atoms in total. The van der Waals surface area contributed by atoms with Crippen molar-refractivity contribution in [3.05, 3.63) is 51.0 Å². The van der Waals surface area contributed by atoms with Crippen molar-refractivity contribution in [3.63, 3.8) is 0 Å². The Morgan fingerprint density at radius 1 is 1.55 bits per heavy atom. The average molecular weight is 362 g/mol. The highest BCUT2D eigenvalue weighted by Crippen LogP contribution is 2.31. The Morgan fingerprint density at radius 3 is 2.95 bits per heavy atom. The summed E-state index contributed by atoms with van der Waals surface area (Å²) in [7, 11) is 0. The number of aryl methyl sites for hydroxylation is 1. The van der Waals surface area contributed by atoms with Gasteiger partial charge in [-0.1, -0.05) is 30.7 Å². The Labute approximate surface area is 130 Å². The molecule has 0 fully saturated rings. The molecular weight excluding hydrogens is 347 g/mol. The molecule has 0 spiro atoms. The molecule has 0 amide bonds. The zero-order valence-corrected chi connectivity index (χ0v) is 13.2. The van der Waals surface area contributed by atoms with Crippen LogP contribution >= 0.6 is 27.5 Å². The summed E-state index contributed by atoms with van der Waals surface area (Å²) in [6.45, 7) is 2.77. The number of hydrogen-bond acceptors (Lipinski definition) is 3. The van der Waals surface area contributed by atoms with Crippen LogP contribution in [-0.4, -0.2) is 9.78 Å². The van der Waals surface area contributed by atoms with Crippen molar-refractivity contribution in [1.82, 2.24) is 15.2 Å². The summed E-state index contributed by atoms with van der Waals surface area (Å²) >= 11 is 9.27. The highest BCUT2D eigenvalue weighted by Gasteiger charge is 2.24. The van der Waals surface area contributed by atoms with Gasteiger partial charge < -0.3 is 0 Å². The van der Waals surface area contributed by atoms with E-state index in [1.165, 1.54) is 6.07 Å². The van der Waals surface area contributed by atoms with Crippen LogP contribution in [0.5, 0.6) is 0 Å². The first-order chi connectivity index (χ1) is 9.60. The van der Waals surface area contributed by atoms with E-state index in [1.54, 1.807) is 23.0 Å². The maximum absolute atomic E-state index is 14.2. The zero-order chi connectivity index (χ0) is 14.7. The van der Waals surface area contributed by atoms with Crippen LogP contribution in [0.1, 0.15) is 30.6 Å². The maximum Gasteiger partial charge on any atom is 0.147 e. The van der Waals surface area contributed by atoms with Gasteiger partial charge in [-0.05, 0) is 28.4 Å². The first kappa shape index (κ1) is 15.4. The van der Waals surface area contributed by atoms with E-state index in [4.69, 9.17) is 17.4 Å². The number of nitrogens with two attached hydrogens (primary N) is 1. The third-order valence-corrected chi connectivity index (χ3v) is 3.90. The molecule has 2 aromatic rings. The van der Waals surface area contributed by atoms with E-state index in [9.17, 15) is 4.39 Å². The van der Waals surface area contributed by atoms with Gasteiger partial charge in [0, 0.05) is 12.1 Å². The second-order valence-corrected chi connectivity index (χ2v) is 5.61. The fraction of sp³-hybridized carbons (Fsp3) is 0.308. The van der Waals surface area contributed by atoms with Crippen LogP contribution in [0.3, 0.4) is 0 Å². The van der Waals surface area contributed by atoms with Crippen LogP contribution in [-0.2, 0) is 6.54 Å². The standard InChI is InChI=1S/C13H15BrClFN4/c1-2-6-20-13(9(14)7-18-20)12(19-17)8-4-3-5-10(15)11(8)16/h3-5,7,12,19H,2,6,17H2,1H3. The summed E-state index contributed by atoms with van der Waals surface area (Å²) in [6, 6.07) is 4.32. The minimum absolute atomic E-state index is 0.0698. The third-order valence-electron chi connectivity index (χ3n) is 3.00. The normalized spacial score (nSPS) is 12.7. The predicted octanol–water partition coefficient (Wildman–Crippen LogP) is 3.40. The Bertz CT molecular complexity index is 602. The summed E-state index contributed by atoms with van der Waals surface area (Å²) < 4.78 is 16.8. The van der Waals surface area contributed by atoms with Crippen molar-refractivity contribution in [2.75, 3.05) is 0 Å². The van der Waals surface area contributed by atoms with Gasteiger partial charge in [-0.15, -0.1) is 0 Å². The second-order valence-electron chi connectivity index (χ2n) is 4.34. The van der Waals surface area contributed by atoms with Crippen LogP contribution in [0.25, 0.3) is 0 Å². The van der Waals surface area contributed by atoms with Crippen LogP contribution in [0.4, 0.5) is 4.39 Å². The number of halogens is 3. The Kier molecular flexibility index (Phi) is 5.15. The molecule has 3 N–H and O–H groups in total. The molecular formula is C13H15BrClFN4. The molecule has 1 aromatic carbocycles. The smallest absolute Gasteiger partial charge is 0.147 e. The lowest BCUT2D eigenvalue weighted by Crippen LogP contribution is -2.31. The SMILES string of the molecule is CCCn1ncc(Br)c1C(NN)c1cccc(Cl)c1F. The fourth-order valence-electron chi connectivity index (χ4n) is 2.11. The van der Waals surface area contributed by atoms with E-state index in [-0.39, 0.29) is 5.02 Å². The molecule has 0 saturated carbocycles. The molecule has 2 rings (SSSR count). The molecule has 1 atom stereocenters. The minimum atomic E-state index is -0.530. The van der Waals surface area contributed by atoms with Gasteiger partial charge in [0.05, 0.1) is 27.4 Å². The molecule has 0 radical (unpaired) electrons. The number of hydrazine groups is 1. The van der Waals surface area contributed by atoms with Gasteiger partial charge in [0.15, 0.2) is 0 Å². The van der Waals surface area contributed by atoms with Gasteiger partial charge in [0.25, 0.3) is 0 Å². The molecule has 0 aliphatic heterocycles. The van der Waals surface area contributed by atoms with Crippen molar-refractivity contribution in [3.8, 4) is 0 Å². The van der Waals surface area contributed by atoms with Gasteiger partial charge in [0.2, 0.25) is 0 Å². The first-order valence-electron chi connectivity index (χ1n) is 6.21. The van der Waals surface area contributed by atoms with Gasteiger partial charge in [-0.3, -0.25) is 10.5 Å². The Morgan fingerprint density at radius 2 is 2.30 bits per heavy atom. The summed E-state index contributed by atoms with van der Waals surface area (Å²) in [5.41, 5.74) is 3.80. The first-order valence-corrected chi connectivity index (χ1v) is 7.38. The molecule has 0 bridgehead atoms. The molecule has 1 aromatic heterocycles. The summed E-state index contributed by atoms with van der Waals surface area (Å²) in [4.78, 5) is 0. The van der Waals surface area contributed by atoms with E-state index in [0.29, 0.717) is 5.56 Å². The predicted molar refractivity (Wildman–Crippen MR) is 80.8 cm³/mol. The van der Waals surface area contributed by atoms with Crippen LogP contribution < -0.4 is 11.3 Å². The Hall–Kier alpha value is -0.950. The molecule has 0 aliphatic rings. The molecule has 20 heavy (non-hydrogen) atoms. The van der Waals surface area contributed by atoms with Gasteiger partial charge in [-0.2, -0.15) is 5.10 Å². The molecule has 1 unspecified atom stereocenters. The number of nitrogens with zero attached hydrogens (tertiary/aromatic N) is 2. The van der Waals surface area contributed by atoms with Crippen molar-refractivity contribution >= 4 is 27.5 Å². The lowest BCUT2D eigenvalue weighted by molar-refractivity contribution is 0.501. The number of rotatable bonds is 5. The summed E-state index contributed by atoms with van der Waals surface area (Å²) in [5.74, 6) is 5.15. The van der Waals surface area contributed by atoms with E-state index >= 15 is 0 Å². The van der Waals surface area contributed by atoms with Crippen LogP contribution in [0, 0.1) is 5.82 Å². The third kappa shape index (κ3) is 2.88. The van der Waals surface area contributed by atoms with Crippen molar-refractivity contribution in [2.24, 2.45) is 5.84 Å². The van der Waals surface area contributed by atoms with E-state index in [1.807, 2.05) is 6.92 Å². The van der Waals surface area contributed by atoms with E-state index in [0.717, 1.165) is 23.1 Å². The van der Waals surface area contributed by atoms with Crippen LogP contribution in [0.15, 0.2) is 28.9 Å². The largest absolute Gasteiger partial charge is 0.271 e. The number of aromatic nitrogens is 2. The molecule has 1 heterocycles. The number of benzene rings is 1. The van der Waals surface area contributed by atoms with Crippen molar-refractivity contribution < 1.29 is 4.39 Å². The molecule has 108 valence electrons. The summed E-state index contributed by atoms with van der Waals surface area (Å²) in [6.07, 6.45) is 2.59. The molecule has 0 saturated heterocycles. The Balaban J connectivity index is 2.52.